The zero-order chi connectivity index (χ0) is 5.11. The summed E-state index contributed by atoms with van der Waals surface area (Å²) >= 11 is 3.39. The first kappa shape index (κ1) is 5.54. The van der Waals surface area contributed by atoms with Crippen molar-refractivity contribution in [3.05, 3.63) is 6.54 Å². The molecule has 0 aromatic rings. The minimum atomic E-state index is 0.456. The molecule has 1 unspecified atom stereocenters. The highest BCUT2D eigenvalue weighted by Gasteiger charge is 2.05. The Morgan fingerprint density at radius 3 is 2.86 bits per heavy atom. The summed E-state index contributed by atoms with van der Waals surface area (Å²) in [7, 11) is 0. The molecule has 2 nitrogen and oxygen atoms in total. The Labute approximate surface area is 51.8 Å². The Morgan fingerprint density at radius 2 is 2.57 bits per heavy atom. The zero-order valence-corrected chi connectivity index (χ0v) is 5.53. The van der Waals surface area contributed by atoms with E-state index >= 15 is 0 Å². The molecule has 1 atom stereocenters. The molecule has 41 valence electrons. The van der Waals surface area contributed by atoms with Crippen molar-refractivity contribution in [1.29, 1.82) is 0 Å². The quantitative estimate of drug-likeness (QED) is 0.390. The van der Waals surface area contributed by atoms with Gasteiger partial charge < -0.3 is 10.6 Å². The molecule has 1 rings (SSSR count). The van der Waals surface area contributed by atoms with Crippen molar-refractivity contribution in [3.8, 4) is 0 Å². The lowest BCUT2D eigenvalue weighted by atomic mass is 10.4. The number of halogens is 1. The van der Waals surface area contributed by atoms with Crippen molar-refractivity contribution in [3.63, 3.8) is 0 Å². The van der Waals surface area contributed by atoms with Crippen LogP contribution in [0, 0.1) is 6.54 Å². The van der Waals surface area contributed by atoms with Gasteiger partial charge in [0.25, 0.3) is 0 Å². The highest BCUT2D eigenvalue weighted by atomic mass is 79.9. The first-order chi connectivity index (χ1) is 3.39. The van der Waals surface area contributed by atoms with Crippen LogP contribution >= 0.6 is 15.9 Å². The fourth-order valence-electron chi connectivity index (χ4n) is 0.518. The van der Waals surface area contributed by atoms with Crippen molar-refractivity contribution >= 4 is 15.9 Å². The van der Waals surface area contributed by atoms with Crippen LogP contribution in [0.4, 0.5) is 0 Å². The second-order valence-corrected chi connectivity index (χ2v) is 2.59. The Kier molecular flexibility index (Phi) is 2.09. The Hall–Kier alpha value is 0.400. The monoisotopic (exact) mass is 163 g/mol. The summed E-state index contributed by atoms with van der Waals surface area (Å²) < 4.78 is 0. The maximum atomic E-state index is 3.39. The predicted octanol–water partition coefficient (Wildman–Crippen LogP) is 0.0620. The van der Waals surface area contributed by atoms with Gasteiger partial charge in [-0.1, -0.05) is 15.9 Å². The summed E-state index contributed by atoms with van der Waals surface area (Å²) in [4.78, 5) is 0.456. The van der Waals surface area contributed by atoms with Gasteiger partial charge in [-0.2, -0.15) is 0 Å². The Morgan fingerprint density at radius 1 is 1.71 bits per heavy atom. The van der Waals surface area contributed by atoms with Crippen LogP contribution in [0.3, 0.4) is 0 Å². The van der Waals surface area contributed by atoms with Crippen LogP contribution in [-0.2, 0) is 0 Å². The topological polar surface area (TPSA) is 24.1 Å². The van der Waals surface area contributed by atoms with E-state index in [9.17, 15) is 0 Å². The third-order valence-corrected chi connectivity index (χ3v) is 1.53. The van der Waals surface area contributed by atoms with Crippen LogP contribution in [0.25, 0.3) is 0 Å². The number of hydrogen-bond donors (Lipinski definition) is 2. The largest absolute Gasteiger partial charge is 0.309 e. The van der Waals surface area contributed by atoms with Gasteiger partial charge in [0.15, 0.2) is 0 Å². The van der Waals surface area contributed by atoms with E-state index in [0.29, 0.717) is 4.95 Å². The van der Waals surface area contributed by atoms with E-state index in [-0.39, 0.29) is 0 Å². The lowest BCUT2D eigenvalue weighted by molar-refractivity contribution is 0.566. The molecular formula is C4H8BrN2. The van der Waals surface area contributed by atoms with Crippen molar-refractivity contribution in [1.82, 2.24) is 10.6 Å². The Balaban J connectivity index is 2.12. The summed E-state index contributed by atoms with van der Waals surface area (Å²) in [5, 5.41) is 6.28. The number of piperazine rings is 1. The smallest absolute Gasteiger partial charge is 0.0757 e. The molecule has 0 aromatic carbocycles. The van der Waals surface area contributed by atoms with Gasteiger partial charge in [0.05, 0.1) is 4.95 Å². The highest BCUT2D eigenvalue weighted by Crippen LogP contribution is 1.95. The van der Waals surface area contributed by atoms with Crippen molar-refractivity contribution in [2.45, 2.75) is 4.95 Å². The van der Waals surface area contributed by atoms with Crippen LogP contribution in [0.5, 0.6) is 0 Å². The van der Waals surface area contributed by atoms with E-state index in [4.69, 9.17) is 0 Å². The molecule has 0 aromatic heterocycles. The summed E-state index contributed by atoms with van der Waals surface area (Å²) in [5.74, 6) is 0. The minimum Gasteiger partial charge on any atom is -0.309 e. The molecule has 0 bridgehead atoms. The van der Waals surface area contributed by atoms with E-state index in [0.717, 1.165) is 13.1 Å². The maximum absolute atomic E-state index is 3.39. The van der Waals surface area contributed by atoms with E-state index < -0.39 is 0 Å². The van der Waals surface area contributed by atoms with E-state index in [1.165, 1.54) is 0 Å². The number of alkyl halides is 1. The van der Waals surface area contributed by atoms with Crippen molar-refractivity contribution < 1.29 is 0 Å². The molecular weight excluding hydrogens is 156 g/mol. The second-order valence-electron chi connectivity index (χ2n) is 1.49. The molecule has 0 amide bonds. The fourth-order valence-corrected chi connectivity index (χ4v) is 0.892. The SMILES string of the molecule is BrC1CN[CH]CN1. The zero-order valence-electron chi connectivity index (χ0n) is 3.95. The second kappa shape index (κ2) is 2.64. The van der Waals surface area contributed by atoms with Crippen LogP contribution < -0.4 is 10.6 Å². The lowest BCUT2D eigenvalue weighted by Gasteiger charge is -2.17. The van der Waals surface area contributed by atoms with Crippen molar-refractivity contribution in [2.75, 3.05) is 13.1 Å². The molecule has 1 aliphatic heterocycles. The van der Waals surface area contributed by atoms with E-state index in [1.54, 1.807) is 0 Å². The van der Waals surface area contributed by atoms with Gasteiger partial charge in [-0.15, -0.1) is 0 Å². The van der Waals surface area contributed by atoms with Crippen LogP contribution in [0.1, 0.15) is 0 Å². The molecule has 1 aliphatic rings. The molecule has 0 spiro atoms. The van der Waals surface area contributed by atoms with Gasteiger partial charge in [0, 0.05) is 19.6 Å². The average Bonchev–Trinajstić information content (AvgIpc) is 1.69. The molecule has 0 saturated carbocycles. The van der Waals surface area contributed by atoms with E-state index in [2.05, 4.69) is 26.6 Å². The van der Waals surface area contributed by atoms with Crippen LogP contribution in [-0.4, -0.2) is 18.0 Å². The van der Waals surface area contributed by atoms with E-state index in [1.807, 2.05) is 6.54 Å². The predicted molar refractivity (Wildman–Crippen MR) is 33.0 cm³/mol. The fraction of sp³-hybridized carbons (Fsp3) is 0.750. The van der Waals surface area contributed by atoms with Gasteiger partial charge in [0.2, 0.25) is 0 Å². The molecule has 1 radical (unpaired) electrons. The van der Waals surface area contributed by atoms with Gasteiger partial charge in [-0.05, 0) is 0 Å². The maximum Gasteiger partial charge on any atom is 0.0757 e. The molecule has 2 N–H and O–H groups in total. The summed E-state index contributed by atoms with van der Waals surface area (Å²) in [5.41, 5.74) is 0. The summed E-state index contributed by atoms with van der Waals surface area (Å²) in [6, 6.07) is 0. The van der Waals surface area contributed by atoms with Gasteiger partial charge in [-0.25, -0.2) is 0 Å². The summed E-state index contributed by atoms with van der Waals surface area (Å²) in [6.07, 6.45) is 0. The third-order valence-electron chi connectivity index (χ3n) is 0.883. The van der Waals surface area contributed by atoms with Gasteiger partial charge >= 0.3 is 0 Å². The standard InChI is InChI=1S/C4H8BrN2/c5-4-3-6-1-2-7-4/h1,4,6-7H,2-3H2. The normalized spacial score (nSPS) is 33.0. The number of rotatable bonds is 0. The van der Waals surface area contributed by atoms with Gasteiger partial charge in [0.1, 0.15) is 0 Å². The molecule has 0 aliphatic carbocycles. The Bertz CT molecular complexity index is 51.7. The van der Waals surface area contributed by atoms with Crippen LogP contribution in [0.2, 0.25) is 0 Å². The minimum absolute atomic E-state index is 0.456. The molecule has 7 heavy (non-hydrogen) atoms. The first-order valence-electron chi connectivity index (χ1n) is 2.32. The lowest BCUT2D eigenvalue weighted by Crippen LogP contribution is -2.41. The van der Waals surface area contributed by atoms with Gasteiger partial charge in [-0.3, -0.25) is 0 Å². The molecule has 1 heterocycles. The van der Waals surface area contributed by atoms with Crippen LogP contribution in [0.15, 0.2) is 0 Å². The number of nitrogens with one attached hydrogen (secondary N) is 2. The molecule has 1 fully saturated rings. The van der Waals surface area contributed by atoms with Crippen molar-refractivity contribution in [2.24, 2.45) is 0 Å². The molecule has 3 heteroatoms. The number of hydrogen-bond acceptors (Lipinski definition) is 2. The first-order valence-corrected chi connectivity index (χ1v) is 3.23. The average molecular weight is 164 g/mol. The highest BCUT2D eigenvalue weighted by molar-refractivity contribution is 9.09. The summed E-state index contributed by atoms with van der Waals surface area (Å²) in [6.45, 7) is 3.95. The third kappa shape index (κ3) is 1.76. The molecule has 1 saturated heterocycles.